The molecule has 0 aliphatic heterocycles. The molecule has 1 aromatic rings. The number of benzene rings is 1. The molecule has 2 N–H and O–H groups in total. The molecule has 0 aromatic heterocycles. The number of aryl methyl sites for hydroxylation is 1. The maximum absolute atomic E-state index is 11.1. The summed E-state index contributed by atoms with van der Waals surface area (Å²) in [5.74, 6) is 0.981. The van der Waals surface area contributed by atoms with E-state index in [9.17, 15) is 4.79 Å². The van der Waals surface area contributed by atoms with Gasteiger partial charge < -0.3 is 10.5 Å². The minimum Gasteiger partial charge on any atom is -0.466 e. The van der Waals surface area contributed by atoms with Gasteiger partial charge in [0, 0.05) is 17.0 Å². The number of anilines is 1. The number of nitrogens with two attached hydrogens (primary N) is 1. The molecule has 0 aliphatic carbocycles. The maximum atomic E-state index is 11.1. The van der Waals surface area contributed by atoms with Crippen molar-refractivity contribution in [3.8, 4) is 0 Å². The number of carbonyl (C=O) groups excluding carboxylic acids is 1. The van der Waals surface area contributed by atoms with Crippen LogP contribution in [0.25, 0.3) is 0 Å². The Hall–Kier alpha value is -1.16. The summed E-state index contributed by atoms with van der Waals surface area (Å²) in [4.78, 5) is 12.4. The van der Waals surface area contributed by atoms with Crippen molar-refractivity contribution in [3.63, 3.8) is 0 Å². The summed E-state index contributed by atoms with van der Waals surface area (Å²) in [6, 6.07) is 6.01. The summed E-state index contributed by atoms with van der Waals surface area (Å²) < 4.78 is 4.89. The third kappa shape index (κ3) is 6.53. The maximum Gasteiger partial charge on any atom is 0.305 e. The molecule has 0 spiro atoms. The van der Waals surface area contributed by atoms with Gasteiger partial charge in [0.1, 0.15) is 0 Å². The van der Waals surface area contributed by atoms with Gasteiger partial charge in [-0.3, -0.25) is 4.79 Å². The highest BCUT2D eigenvalue weighted by atomic mass is 32.2. The predicted molar refractivity (Wildman–Crippen MR) is 81.4 cm³/mol. The van der Waals surface area contributed by atoms with Gasteiger partial charge in [0.25, 0.3) is 0 Å². The number of unbranched alkanes of at least 4 members (excludes halogenated alkanes) is 2. The van der Waals surface area contributed by atoms with Gasteiger partial charge in [0.15, 0.2) is 0 Å². The van der Waals surface area contributed by atoms with Crippen LogP contribution in [0.15, 0.2) is 23.1 Å². The fourth-order valence-electron chi connectivity index (χ4n) is 1.74. The van der Waals surface area contributed by atoms with Crippen molar-refractivity contribution in [2.24, 2.45) is 0 Å². The zero-order valence-electron chi connectivity index (χ0n) is 11.8. The van der Waals surface area contributed by atoms with E-state index in [2.05, 4.69) is 13.0 Å². The highest BCUT2D eigenvalue weighted by Crippen LogP contribution is 2.25. The molecule has 0 atom stereocenters. The molecule has 0 saturated carbocycles. The summed E-state index contributed by atoms with van der Waals surface area (Å²) in [5, 5.41) is 0. The van der Waals surface area contributed by atoms with Gasteiger partial charge in [-0.05, 0) is 50.1 Å². The Kier molecular flexibility index (Phi) is 7.41. The summed E-state index contributed by atoms with van der Waals surface area (Å²) in [5.41, 5.74) is 7.86. The molecular formula is C15H23NO2S. The zero-order chi connectivity index (χ0) is 14.1. The molecule has 4 heteroatoms. The van der Waals surface area contributed by atoms with Crippen molar-refractivity contribution in [1.29, 1.82) is 0 Å². The lowest BCUT2D eigenvalue weighted by molar-refractivity contribution is -0.143. The van der Waals surface area contributed by atoms with Crippen molar-refractivity contribution in [2.75, 3.05) is 18.1 Å². The Balaban J connectivity index is 2.14. The fraction of sp³-hybridized carbons (Fsp3) is 0.533. The second-order valence-electron chi connectivity index (χ2n) is 4.49. The lowest BCUT2D eigenvalue weighted by atomic mass is 10.2. The van der Waals surface area contributed by atoms with E-state index >= 15 is 0 Å². The summed E-state index contributed by atoms with van der Waals surface area (Å²) in [7, 11) is 0. The standard InChI is InChI=1S/C15H23NO2S/c1-3-18-15(17)7-5-4-6-10-19-14-11-13(16)9-8-12(14)2/h8-9,11H,3-7,10,16H2,1-2H3. The highest BCUT2D eigenvalue weighted by molar-refractivity contribution is 7.99. The minimum atomic E-state index is -0.0816. The van der Waals surface area contributed by atoms with Crippen molar-refractivity contribution in [1.82, 2.24) is 0 Å². The van der Waals surface area contributed by atoms with Gasteiger partial charge in [0.2, 0.25) is 0 Å². The quantitative estimate of drug-likeness (QED) is 0.341. The first-order valence-electron chi connectivity index (χ1n) is 6.78. The molecule has 106 valence electrons. The molecule has 0 saturated heterocycles. The molecule has 0 bridgehead atoms. The van der Waals surface area contributed by atoms with Crippen molar-refractivity contribution in [2.45, 2.75) is 44.4 Å². The summed E-state index contributed by atoms with van der Waals surface area (Å²) in [6.45, 7) is 4.41. The van der Waals surface area contributed by atoms with E-state index in [1.807, 2.05) is 30.8 Å². The predicted octanol–water partition coefficient (Wildman–Crippen LogP) is 3.79. The molecule has 0 unspecified atom stereocenters. The van der Waals surface area contributed by atoms with Crippen molar-refractivity contribution in [3.05, 3.63) is 23.8 Å². The van der Waals surface area contributed by atoms with E-state index in [1.54, 1.807) is 0 Å². The molecular weight excluding hydrogens is 258 g/mol. The van der Waals surface area contributed by atoms with E-state index in [4.69, 9.17) is 10.5 Å². The van der Waals surface area contributed by atoms with Crippen LogP contribution in [0.1, 0.15) is 38.2 Å². The topological polar surface area (TPSA) is 52.3 Å². The molecule has 1 aromatic carbocycles. The average Bonchev–Trinajstić information content (AvgIpc) is 2.38. The molecule has 19 heavy (non-hydrogen) atoms. The third-order valence-corrected chi connectivity index (χ3v) is 4.04. The van der Waals surface area contributed by atoms with Gasteiger partial charge in [0.05, 0.1) is 6.61 Å². The average molecular weight is 281 g/mol. The number of hydrogen-bond acceptors (Lipinski definition) is 4. The Morgan fingerprint density at radius 2 is 2.11 bits per heavy atom. The SMILES string of the molecule is CCOC(=O)CCCCCSc1cc(N)ccc1C. The van der Waals surface area contributed by atoms with Crippen LogP contribution in [0, 0.1) is 6.92 Å². The second-order valence-corrected chi connectivity index (χ2v) is 5.63. The van der Waals surface area contributed by atoms with Gasteiger partial charge in [-0.15, -0.1) is 11.8 Å². The van der Waals surface area contributed by atoms with E-state index in [1.165, 1.54) is 10.5 Å². The Morgan fingerprint density at radius 1 is 1.32 bits per heavy atom. The number of nitrogen functional groups attached to an aromatic ring is 1. The van der Waals surface area contributed by atoms with Gasteiger partial charge in [-0.25, -0.2) is 0 Å². The molecule has 0 heterocycles. The number of esters is 1. The van der Waals surface area contributed by atoms with Gasteiger partial charge in [-0.1, -0.05) is 12.5 Å². The van der Waals surface area contributed by atoms with Crippen LogP contribution in [-0.4, -0.2) is 18.3 Å². The first-order chi connectivity index (χ1) is 9.13. The van der Waals surface area contributed by atoms with Crippen LogP contribution in [0.5, 0.6) is 0 Å². The van der Waals surface area contributed by atoms with Crippen LogP contribution in [0.4, 0.5) is 5.69 Å². The lowest BCUT2D eigenvalue weighted by Crippen LogP contribution is -2.03. The largest absolute Gasteiger partial charge is 0.466 e. The normalized spacial score (nSPS) is 10.4. The van der Waals surface area contributed by atoms with Gasteiger partial charge in [-0.2, -0.15) is 0 Å². The Bertz CT molecular complexity index is 407. The van der Waals surface area contributed by atoms with Crippen LogP contribution in [-0.2, 0) is 9.53 Å². The summed E-state index contributed by atoms with van der Waals surface area (Å²) in [6.07, 6.45) is 3.62. The molecule has 0 aliphatic rings. The number of hydrogen-bond donors (Lipinski definition) is 1. The second kappa shape index (κ2) is 8.86. The van der Waals surface area contributed by atoms with Crippen LogP contribution >= 0.6 is 11.8 Å². The molecule has 3 nitrogen and oxygen atoms in total. The fourth-order valence-corrected chi connectivity index (χ4v) is 2.82. The first-order valence-corrected chi connectivity index (χ1v) is 7.76. The van der Waals surface area contributed by atoms with E-state index in [0.717, 1.165) is 30.7 Å². The van der Waals surface area contributed by atoms with E-state index in [-0.39, 0.29) is 5.97 Å². The van der Waals surface area contributed by atoms with Gasteiger partial charge >= 0.3 is 5.97 Å². The highest BCUT2D eigenvalue weighted by Gasteiger charge is 2.02. The molecule has 1 rings (SSSR count). The zero-order valence-corrected chi connectivity index (χ0v) is 12.6. The van der Waals surface area contributed by atoms with Crippen molar-refractivity contribution < 1.29 is 9.53 Å². The van der Waals surface area contributed by atoms with Crippen LogP contribution in [0.3, 0.4) is 0 Å². The van der Waals surface area contributed by atoms with Crippen LogP contribution < -0.4 is 5.73 Å². The van der Waals surface area contributed by atoms with Crippen molar-refractivity contribution >= 4 is 23.4 Å². The third-order valence-electron chi connectivity index (χ3n) is 2.80. The minimum absolute atomic E-state index is 0.0816. The number of ether oxygens (including phenoxy) is 1. The first kappa shape index (κ1) is 15.9. The Morgan fingerprint density at radius 3 is 2.84 bits per heavy atom. The summed E-state index contributed by atoms with van der Waals surface area (Å²) >= 11 is 1.83. The molecule has 0 fully saturated rings. The Labute approximate surface area is 119 Å². The van der Waals surface area contributed by atoms with Crippen LogP contribution in [0.2, 0.25) is 0 Å². The van der Waals surface area contributed by atoms with E-state index < -0.39 is 0 Å². The number of rotatable bonds is 8. The monoisotopic (exact) mass is 281 g/mol. The molecule has 0 amide bonds. The number of thioether (sulfide) groups is 1. The van der Waals surface area contributed by atoms with E-state index in [0.29, 0.717) is 13.0 Å². The number of carbonyl (C=O) groups is 1. The lowest BCUT2D eigenvalue weighted by Gasteiger charge is -2.06. The molecule has 0 radical (unpaired) electrons. The smallest absolute Gasteiger partial charge is 0.305 e.